The highest BCUT2D eigenvalue weighted by Crippen LogP contribution is 2.30. The van der Waals surface area contributed by atoms with Crippen LogP contribution >= 0.6 is 11.3 Å². The molecule has 0 bridgehead atoms. The number of rotatable bonds is 3. The predicted octanol–water partition coefficient (Wildman–Crippen LogP) is 1.98. The first-order valence-corrected chi connectivity index (χ1v) is 10.3. The molecule has 5 nitrogen and oxygen atoms in total. The number of nitrogen functional groups attached to an aromatic ring is 1. The van der Waals surface area contributed by atoms with Crippen molar-refractivity contribution in [3.05, 3.63) is 87.0 Å². The van der Waals surface area contributed by atoms with Gasteiger partial charge >= 0.3 is 0 Å². The molecule has 3 heterocycles. The molecule has 5 rings (SSSR count). The number of nitrogens with two attached hydrogens (primary N) is 1. The Labute approximate surface area is 166 Å². The average Bonchev–Trinajstić information content (AvgIpc) is 3.10. The zero-order valence-electron chi connectivity index (χ0n) is 15.4. The van der Waals surface area contributed by atoms with Gasteiger partial charge in [0.25, 0.3) is 5.56 Å². The maximum atomic E-state index is 13.0. The average molecular weight is 390 g/mol. The minimum atomic E-state index is -0.145. The van der Waals surface area contributed by atoms with E-state index in [1.54, 1.807) is 11.3 Å². The van der Waals surface area contributed by atoms with Gasteiger partial charge in [-0.15, -0.1) is 11.3 Å². The van der Waals surface area contributed by atoms with Crippen molar-refractivity contribution in [2.45, 2.75) is 19.5 Å². The van der Waals surface area contributed by atoms with E-state index in [9.17, 15) is 4.79 Å². The summed E-state index contributed by atoms with van der Waals surface area (Å²) in [4.78, 5) is 21.4. The van der Waals surface area contributed by atoms with Gasteiger partial charge in [-0.2, -0.15) is 0 Å². The first kappa shape index (κ1) is 17.2. The van der Waals surface area contributed by atoms with Crippen LogP contribution in [0.1, 0.15) is 16.0 Å². The lowest BCUT2D eigenvalue weighted by Crippen LogP contribution is -3.10. The van der Waals surface area contributed by atoms with Crippen LogP contribution in [0.15, 0.2) is 65.5 Å². The first-order chi connectivity index (χ1) is 13.7. The largest absolute Gasteiger partial charge is 0.334 e. The Balaban J connectivity index is 1.54. The normalized spacial score (nSPS) is 16.2. The Hall–Kier alpha value is -2.96. The summed E-state index contributed by atoms with van der Waals surface area (Å²) >= 11 is 1.64. The lowest BCUT2D eigenvalue weighted by atomic mass is 10.0. The van der Waals surface area contributed by atoms with Gasteiger partial charge < -0.3 is 10.7 Å². The summed E-state index contributed by atoms with van der Waals surface area (Å²) in [6.45, 7) is 2.94. The van der Waals surface area contributed by atoms with Crippen LogP contribution in [0.4, 0.5) is 0 Å². The number of thiophene rings is 1. The minimum absolute atomic E-state index is 0.145. The molecule has 0 radical (unpaired) electrons. The van der Waals surface area contributed by atoms with Gasteiger partial charge in [-0.1, -0.05) is 60.7 Å². The molecular formula is C22H21N4OS+. The Morgan fingerprint density at radius 1 is 1.07 bits per heavy atom. The number of nitrogens with zero attached hydrogens (tertiary/aromatic N) is 2. The van der Waals surface area contributed by atoms with Crippen LogP contribution in [0.5, 0.6) is 0 Å². The van der Waals surface area contributed by atoms with E-state index in [0.717, 1.165) is 42.0 Å². The second kappa shape index (κ2) is 6.89. The van der Waals surface area contributed by atoms with E-state index in [-0.39, 0.29) is 5.56 Å². The van der Waals surface area contributed by atoms with Gasteiger partial charge in [-0.05, 0) is 5.56 Å². The van der Waals surface area contributed by atoms with E-state index in [4.69, 9.17) is 10.8 Å². The highest BCUT2D eigenvalue weighted by Gasteiger charge is 2.27. The van der Waals surface area contributed by atoms with Gasteiger partial charge in [0.2, 0.25) is 0 Å². The topological polar surface area (TPSA) is 65.4 Å². The van der Waals surface area contributed by atoms with Crippen molar-refractivity contribution in [1.82, 2.24) is 9.66 Å². The maximum absolute atomic E-state index is 13.0. The molecule has 0 spiro atoms. The van der Waals surface area contributed by atoms with Crippen molar-refractivity contribution in [1.29, 1.82) is 0 Å². The predicted molar refractivity (Wildman–Crippen MR) is 113 cm³/mol. The van der Waals surface area contributed by atoms with E-state index >= 15 is 0 Å². The van der Waals surface area contributed by atoms with Crippen molar-refractivity contribution in [2.75, 3.05) is 12.4 Å². The second-order valence-corrected chi connectivity index (χ2v) is 8.33. The third-order valence-corrected chi connectivity index (χ3v) is 6.53. The number of benzene rings is 2. The van der Waals surface area contributed by atoms with Crippen LogP contribution in [0.2, 0.25) is 0 Å². The molecule has 2 aromatic carbocycles. The zero-order chi connectivity index (χ0) is 19.1. The number of aromatic nitrogens is 2. The molecule has 140 valence electrons. The van der Waals surface area contributed by atoms with Crippen LogP contribution in [0.25, 0.3) is 21.6 Å². The van der Waals surface area contributed by atoms with Crippen molar-refractivity contribution >= 4 is 21.6 Å². The first-order valence-electron chi connectivity index (χ1n) is 9.46. The number of quaternary nitrogens is 1. The monoisotopic (exact) mass is 389 g/mol. The molecule has 1 aliphatic heterocycles. The summed E-state index contributed by atoms with van der Waals surface area (Å²) in [5.74, 6) is 6.66. The van der Waals surface area contributed by atoms with E-state index in [0.29, 0.717) is 11.2 Å². The van der Waals surface area contributed by atoms with Gasteiger partial charge in [-0.25, -0.2) is 9.66 Å². The molecule has 0 saturated heterocycles. The summed E-state index contributed by atoms with van der Waals surface area (Å²) in [5, 5.41) is 0.709. The van der Waals surface area contributed by atoms with E-state index in [1.165, 1.54) is 20.0 Å². The lowest BCUT2D eigenvalue weighted by Gasteiger charge is -2.23. The van der Waals surface area contributed by atoms with Gasteiger partial charge in [0.15, 0.2) is 5.82 Å². The number of fused-ring (bicyclic) bond motifs is 3. The molecule has 0 saturated carbocycles. The maximum Gasteiger partial charge on any atom is 0.281 e. The van der Waals surface area contributed by atoms with Gasteiger partial charge in [0.05, 0.1) is 16.8 Å². The van der Waals surface area contributed by atoms with Crippen molar-refractivity contribution in [3.8, 4) is 11.4 Å². The van der Waals surface area contributed by atoms with Crippen LogP contribution in [0, 0.1) is 0 Å². The summed E-state index contributed by atoms with van der Waals surface area (Å²) in [6, 6.07) is 20.2. The van der Waals surface area contributed by atoms with Crippen molar-refractivity contribution < 1.29 is 4.90 Å². The summed E-state index contributed by atoms with van der Waals surface area (Å²) in [5.41, 5.74) is 3.20. The Bertz CT molecular complexity index is 1200. The smallest absolute Gasteiger partial charge is 0.281 e. The molecule has 4 aromatic rings. The van der Waals surface area contributed by atoms with Gasteiger partial charge in [0.1, 0.15) is 17.9 Å². The third kappa shape index (κ3) is 2.91. The molecule has 6 heteroatoms. The highest BCUT2D eigenvalue weighted by atomic mass is 32.1. The summed E-state index contributed by atoms with van der Waals surface area (Å²) < 4.78 is 1.20. The molecule has 1 unspecified atom stereocenters. The van der Waals surface area contributed by atoms with Crippen molar-refractivity contribution in [2.24, 2.45) is 0 Å². The van der Waals surface area contributed by atoms with Crippen LogP contribution < -0.4 is 16.3 Å². The SMILES string of the molecule is Nn1c(-c2ccccc2)nc2sc3c(c2c1=O)CC[NH+](Cc1ccccc1)C3. The second-order valence-electron chi connectivity index (χ2n) is 7.25. The number of hydrogen-bond donors (Lipinski definition) is 2. The fraction of sp³-hybridized carbons (Fsp3) is 0.182. The Morgan fingerprint density at radius 2 is 1.79 bits per heavy atom. The molecule has 1 atom stereocenters. The molecule has 0 fully saturated rings. The number of hydrogen-bond acceptors (Lipinski definition) is 4. The minimum Gasteiger partial charge on any atom is -0.334 e. The van der Waals surface area contributed by atoms with Crippen LogP contribution in [-0.2, 0) is 19.5 Å². The van der Waals surface area contributed by atoms with Crippen LogP contribution in [0.3, 0.4) is 0 Å². The summed E-state index contributed by atoms with van der Waals surface area (Å²) in [7, 11) is 0. The molecule has 2 aromatic heterocycles. The van der Waals surface area contributed by atoms with E-state index < -0.39 is 0 Å². The quantitative estimate of drug-likeness (QED) is 0.527. The molecule has 0 amide bonds. The lowest BCUT2D eigenvalue weighted by molar-refractivity contribution is -0.929. The van der Waals surface area contributed by atoms with Crippen molar-refractivity contribution in [3.63, 3.8) is 0 Å². The molecule has 1 aliphatic rings. The Kier molecular flexibility index (Phi) is 4.22. The number of nitrogens with one attached hydrogen (secondary N) is 1. The van der Waals surface area contributed by atoms with Crippen LogP contribution in [-0.4, -0.2) is 16.2 Å². The molecule has 28 heavy (non-hydrogen) atoms. The van der Waals surface area contributed by atoms with E-state index in [2.05, 4.69) is 24.3 Å². The summed E-state index contributed by atoms with van der Waals surface area (Å²) in [6.07, 6.45) is 0.888. The Morgan fingerprint density at radius 3 is 2.54 bits per heavy atom. The van der Waals surface area contributed by atoms with E-state index in [1.807, 2.05) is 36.4 Å². The molecule has 0 aliphatic carbocycles. The van der Waals surface area contributed by atoms with Gasteiger partial charge in [-0.3, -0.25) is 4.79 Å². The molecule has 3 N–H and O–H groups in total. The highest BCUT2D eigenvalue weighted by molar-refractivity contribution is 7.18. The molecular weight excluding hydrogens is 368 g/mol. The fourth-order valence-electron chi connectivity index (χ4n) is 4.01. The standard InChI is InChI=1S/C22H20N4OS/c23-26-20(16-9-5-2-6-10-16)24-21-19(22(26)27)17-11-12-25(14-18(17)28-21)13-15-7-3-1-4-8-15/h1-10H,11-14,23H2/p+1. The zero-order valence-corrected chi connectivity index (χ0v) is 16.2. The van der Waals surface area contributed by atoms with Gasteiger partial charge in [0, 0.05) is 17.5 Å². The fourth-order valence-corrected chi connectivity index (χ4v) is 5.30. The third-order valence-electron chi connectivity index (χ3n) is 5.41.